The molecule has 2 aromatic carbocycles. The topological polar surface area (TPSA) is 76.7 Å². The van der Waals surface area contributed by atoms with Gasteiger partial charge in [-0.15, -0.1) is 0 Å². The maximum Gasteiger partial charge on any atom is 0.412 e. The van der Waals surface area contributed by atoms with E-state index in [1.165, 1.54) is 0 Å². The second kappa shape index (κ2) is 8.89. The average Bonchev–Trinajstić information content (AvgIpc) is 2.58. The number of anilines is 1. The third-order valence-corrected chi connectivity index (χ3v) is 3.25. The Morgan fingerprint density at radius 2 is 1.54 bits per heavy atom. The fraction of sp³-hybridized carbons (Fsp3) is 0.300. The van der Waals surface area contributed by atoms with Crippen LogP contribution >= 0.6 is 0 Å². The lowest BCUT2D eigenvalue weighted by molar-refractivity contribution is 0.0636. The lowest BCUT2D eigenvalue weighted by Gasteiger charge is -2.19. The molecule has 0 bridgehead atoms. The molecule has 2 N–H and O–H groups in total. The van der Waals surface area contributed by atoms with Crippen molar-refractivity contribution >= 4 is 17.9 Å². The van der Waals surface area contributed by atoms with Gasteiger partial charge in [0.2, 0.25) is 0 Å². The third kappa shape index (κ3) is 7.25. The van der Waals surface area contributed by atoms with Gasteiger partial charge in [0.15, 0.2) is 0 Å². The van der Waals surface area contributed by atoms with Crippen LogP contribution in [0.3, 0.4) is 0 Å². The lowest BCUT2D eigenvalue weighted by atomic mass is 10.2. The molecule has 138 valence electrons. The van der Waals surface area contributed by atoms with Crippen molar-refractivity contribution in [3.8, 4) is 0 Å². The summed E-state index contributed by atoms with van der Waals surface area (Å²) in [4.78, 5) is 23.4. The first-order valence-corrected chi connectivity index (χ1v) is 8.35. The zero-order valence-corrected chi connectivity index (χ0v) is 15.2. The van der Waals surface area contributed by atoms with Gasteiger partial charge in [0.1, 0.15) is 12.2 Å². The average molecular weight is 356 g/mol. The van der Waals surface area contributed by atoms with Crippen LogP contribution in [0, 0.1) is 0 Å². The van der Waals surface area contributed by atoms with Crippen molar-refractivity contribution in [3.05, 3.63) is 65.7 Å². The van der Waals surface area contributed by atoms with Crippen LogP contribution in [0.2, 0.25) is 0 Å². The molecule has 0 aromatic heterocycles. The Labute approximate surface area is 153 Å². The smallest absolute Gasteiger partial charge is 0.412 e. The number of carbonyl (C=O) groups excluding carboxylic acids is 2. The van der Waals surface area contributed by atoms with Gasteiger partial charge in [0.05, 0.1) is 0 Å². The highest BCUT2D eigenvalue weighted by molar-refractivity contribution is 5.84. The van der Waals surface area contributed by atoms with E-state index in [4.69, 9.17) is 9.47 Å². The van der Waals surface area contributed by atoms with Crippen LogP contribution in [-0.2, 0) is 22.6 Å². The summed E-state index contributed by atoms with van der Waals surface area (Å²) in [5.41, 5.74) is 1.89. The molecule has 0 heterocycles. The number of nitrogens with one attached hydrogen (secondary N) is 2. The summed E-state index contributed by atoms with van der Waals surface area (Å²) in [5, 5.41) is 5.34. The van der Waals surface area contributed by atoms with Crippen LogP contribution in [0.15, 0.2) is 54.6 Å². The zero-order valence-electron chi connectivity index (χ0n) is 15.2. The molecule has 0 aliphatic rings. The fourth-order valence-electron chi connectivity index (χ4n) is 2.08. The summed E-state index contributed by atoms with van der Waals surface area (Å²) in [7, 11) is 0. The molecular weight excluding hydrogens is 332 g/mol. The van der Waals surface area contributed by atoms with Gasteiger partial charge in [0.25, 0.3) is 0 Å². The van der Waals surface area contributed by atoms with E-state index in [-0.39, 0.29) is 6.61 Å². The first-order chi connectivity index (χ1) is 12.3. The molecular formula is C20H24N2O4. The molecule has 6 heteroatoms. The SMILES string of the molecule is CC(C)(C)OC(=O)Nc1ccc(CNC(=O)OCc2ccccc2)cc1. The Bertz CT molecular complexity index is 722. The molecule has 2 amide bonds. The molecule has 6 nitrogen and oxygen atoms in total. The summed E-state index contributed by atoms with van der Waals surface area (Å²) in [5.74, 6) is 0. The Morgan fingerprint density at radius 3 is 2.15 bits per heavy atom. The van der Waals surface area contributed by atoms with Crippen molar-refractivity contribution < 1.29 is 19.1 Å². The van der Waals surface area contributed by atoms with E-state index in [0.717, 1.165) is 11.1 Å². The van der Waals surface area contributed by atoms with E-state index < -0.39 is 17.8 Å². The van der Waals surface area contributed by atoms with Crippen molar-refractivity contribution in [2.24, 2.45) is 0 Å². The number of alkyl carbamates (subject to hydrolysis) is 1. The first-order valence-electron chi connectivity index (χ1n) is 8.35. The Morgan fingerprint density at radius 1 is 0.885 bits per heavy atom. The van der Waals surface area contributed by atoms with Gasteiger partial charge in [-0.25, -0.2) is 9.59 Å². The second-order valence-corrected chi connectivity index (χ2v) is 6.74. The number of amides is 2. The molecule has 0 aliphatic carbocycles. The summed E-state index contributed by atoms with van der Waals surface area (Å²) < 4.78 is 10.3. The molecule has 0 atom stereocenters. The number of ether oxygens (including phenoxy) is 2. The van der Waals surface area contributed by atoms with Crippen molar-refractivity contribution in [1.82, 2.24) is 5.32 Å². The van der Waals surface area contributed by atoms with Gasteiger partial charge < -0.3 is 14.8 Å². The molecule has 2 rings (SSSR count). The molecule has 0 unspecified atom stereocenters. The number of hydrogen-bond acceptors (Lipinski definition) is 4. The molecule has 0 radical (unpaired) electrons. The van der Waals surface area contributed by atoms with Gasteiger partial charge in [-0.1, -0.05) is 42.5 Å². The van der Waals surface area contributed by atoms with Crippen molar-refractivity contribution in [2.75, 3.05) is 5.32 Å². The summed E-state index contributed by atoms with van der Waals surface area (Å²) in [6.45, 7) is 5.97. The minimum atomic E-state index is -0.548. The molecule has 26 heavy (non-hydrogen) atoms. The maximum absolute atomic E-state index is 11.7. The monoisotopic (exact) mass is 356 g/mol. The summed E-state index contributed by atoms with van der Waals surface area (Å²) in [6, 6.07) is 16.6. The van der Waals surface area contributed by atoms with Crippen molar-refractivity contribution in [3.63, 3.8) is 0 Å². The number of rotatable bonds is 5. The highest BCUT2D eigenvalue weighted by atomic mass is 16.6. The van der Waals surface area contributed by atoms with Gasteiger partial charge in [-0.05, 0) is 44.0 Å². The number of hydrogen-bond donors (Lipinski definition) is 2. The first kappa shape index (κ1) is 19.3. The molecule has 2 aromatic rings. The summed E-state index contributed by atoms with van der Waals surface area (Å²) in [6.07, 6.45) is -0.988. The van der Waals surface area contributed by atoms with Gasteiger partial charge in [-0.3, -0.25) is 5.32 Å². The Hall–Kier alpha value is -3.02. The Balaban J connectivity index is 1.74. The molecule has 0 saturated carbocycles. The number of carbonyl (C=O) groups is 2. The highest BCUT2D eigenvalue weighted by Crippen LogP contribution is 2.13. The van der Waals surface area contributed by atoms with E-state index in [9.17, 15) is 9.59 Å². The van der Waals surface area contributed by atoms with Crippen LogP contribution in [-0.4, -0.2) is 17.8 Å². The van der Waals surface area contributed by atoms with Crippen LogP contribution in [0.5, 0.6) is 0 Å². The minimum absolute atomic E-state index is 0.228. The van der Waals surface area contributed by atoms with Crippen molar-refractivity contribution in [2.45, 2.75) is 39.5 Å². The molecule has 0 fully saturated rings. The van der Waals surface area contributed by atoms with Crippen molar-refractivity contribution in [1.29, 1.82) is 0 Å². The minimum Gasteiger partial charge on any atom is -0.445 e. The predicted octanol–water partition coefficient (Wildman–Crippen LogP) is 4.46. The van der Waals surface area contributed by atoms with Crippen LogP contribution in [0.25, 0.3) is 0 Å². The fourth-order valence-corrected chi connectivity index (χ4v) is 2.08. The molecule has 0 aliphatic heterocycles. The van der Waals surface area contributed by atoms with E-state index in [0.29, 0.717) is 12.2 Å². The maximum atomic E-state index is 11.7. The molecule has 0 spiro atoms. The van der Waals surface area contributed by atoms with E-state index in [1.807, 2.05) is 42.5 Å². The van der Waals surface area contributed by atoms with Gasteiger partial charge in [0, 0.05) is 12.2 Å². The largest absolute Gasteiger partial charge is 0.445 e. The highest BCUT2D eigenvalue weighted by Gasteiger charge is 2.16. The second-order valence-electron chi connectivity index (χ2n) is 6.74. The van der Waals surface area contributed by atoms with E-state index in [2.05, 4.69) is 10.6 Å². The normalized spacial score (nSPS) is 10.7. The Kier molecular flexibility index (Phi) is 6.60. The van der Waals surface area contributed by atoms with Crippen LogP contribution in [0.1, 0.15) is 31.9 Å². The van der Waals surface area contributed by atoms with Gasteiger partial charge in [-0.2, -0.15) is 0 Å². The van der Waals surface area contributed by atoms with E-state index in [1.54, 1.807) is 32.9 Å². The van der Waals surface area contributed by atoms with E-state index >= 15 is 0 Å². The standard InChI is InChI=1S/C20H24N2O4/c1-20(2,3)26-19(24)22-17-11-9-15(10-12-17)13-21-18(23)25-14-16-7-5-4-6-8-16/h4-12H,13-14H2,1-3H3,(H,21,23)(H,22,24). The zero-order chi connectivity index (χ0) is 19.0. The predicted molar refractivity (Wildman–Crippen MR) is 99.8 cm³/mol. The third-order valence-electron chi connectivity index (χ3n) is 3.25. The quantitative estimate of drug-likeness (QED) is 0.829. The van der Waals surface area contributed by atoms with Gasteiger partial charge >= 0.3 is 12.2 Å². The lowest BCUT2D eigenvalue weighted by Crippen LogP contribution is -2.27. The van der Waals surface area contributed by atoms with Crippen LogP contribution < -0.4 is 10.6 Å². The molecule has 0 saturated heterocycles. The van der Waals surface area contributed by atoms with Crippen LogP contribution in [0.4, 0.5) is 15.3 Å². The number of benzene rings is 2. The summed E-state index contributed by atoms with van der Waals surface area (Å²) >= 11 is 0.